The van der Waals surface area contributed by atoms with Crippen molar-refractivity contribution < 1.29 is 19.0 Å². The number of aromatic amines is 1. The summed E-state index contributed by atoms with van der Waals surface area (Å²) in [6.45, 7) is 1.72. The average Bonchev–Trinajstić information content (AvgIpc) is 3.28. The molecule has 3 N–H and O–H groups in total. The molecule has 1 saturated carbocycles. The van der Waals surface area contributed by atoms with Crippen LogP contribution < -0.4 is 4.74 Å². The molecule has 0 saturated heterocycles. The van der Waals surface area contributed by atoms with E-state index in [4.69, 9.17) is 15.3 Å². The number of nitrogens with zero attached hydrogens (tertiary/aromatic N) is 2. The number of hydrogen-bond donors (Lipinski definition) is 3. The van der Waals surface area contributed by atoms with E-state index < -0.39 is 11.8 Å². The molecule has 0 radical (unpaired) electrons. The van der Waals surface area contributed by atoms with Gasteiger partial charge in [-0.05, 0) is 74.1 Å². The van der Waals surface area contributed by atoms with Crippen molar-refractivity contribution in [3.05, 3.63) is 66.1 Å². The van der Waals surface area contributed by atoms with E-state index in [1.807, 2.05) is 30.3 Å². The summed E-state index contributed by atoms with van der Waals surface area (Å²) >= 11 is 0. The SMILES string of the molecule is CC(=N)c1ccc2nc(-c3ccc(-c4ccc(OC5CCC(C(=O)O)CC5)nc4)cc3F)[nH]c2c1. The lowest BCUT2D eigenvalue weighted by Gasteiger charge is -2.26. The number of aromatic nitrogens is 3. The summed E-state index contributed by atoms with van der Waals surface area (Å²) in [5.41, 5.74) is 4.51. The van der Waals surface area contributed by atoms with Crippen molar-refractivity contribution in [2.24, 2.45) is 5.92 Å². The first-order valence-corrected chi connectivity index (χ1v) is 11.6. The molecule has 1 aliphatic carbocycles. The van der Waals surface area contributed by atoms with Gasteiger partial charge in [0, 0.05) is 23.5 Å². The van der Waals surface area contributed by atoms with E-state index >= 15 is 4.39 Å². The van der Waals surface area contributed by atoms with Gasteiger partial charge in [-0.2, -0.15) is 0 Å². The molecule has 2 aromatic heterocycles. The van der Waals surface area contributed by atoms with E-state index in [1.165, 1.54) is 6.07 Å². The standard InChI is InChI=1S/C27H25FN4O3/c1-15(29)17-5-10-23-24(13-17)32-26(31-23)21-9-4-18(12-22(21)28)19-6-11-25(30-14-19)35-20-7-2-16(3-8-20)27(33)34/h4-6,9-14,16,20,29H,2-3,7-8H2,1H3,(H,31,32)(H,33,34). The maximum atomic E-state index is 15.1. The average molecular weight is 473 g/mol. The molecule has 1 fully saturated rings. The maximum absolute atomic E-state index is 15.1. The Morgan fingerprint density at radius 3 is 2.51 bits per heavy atom. The van der Waals surface area contributed by atoms with E-state index in [0.717, 1.165) is 16.6 Å². The van der Waals surface area contributed by atoms with Gasteiger partial charge in [-0.1, -0.05) is 12.1 Å². The number of hydrogen-bond acceptors (Lipinski definition) is 5. The first kappa shape index (κ1) is 22.7. The minimum atomic E-state index is -0.739. The van der Waals surface area contributed by atoms with Crippen molar-refractivity contribution in [3.8, 4) is 28.4 Å². The smallest absolute Gasteiger partial charge is 0.306 e. The Hall–Kier alpha value is -4.07. The zero-order chi connectivity index (χ0) is 24.5. The number of carbonyl (C=O) groups is 1. The van der Waals surface area contributed by atoms with Gasteiger partial charge in [0.15, 0.2) is 0 Å². The summed E-state index contributed by atoms with van der Waals surface area (Å²) in [6.07, 6.45) is 4.21. The van der Waals surface area contributed by atoms with Gasteiger partial charge in [-0.15, -0.1) is 0 Å². The van der Waals surface area contributed by atoms with Gasteiger partial charge in [-0.3, -0.25) is 4.79 Å². The molecule has 5 rings (SSSR count). The minimum absolute atomic E-state index is 0.0384. The molecule has 8 heteroatoms. The fourth-order valence-corrected chi connectivity index (χ4v) is 4.48. The summed E-state index contributed by atoms with van der Waals surface area (Å²) < 4.78 is 21.0. The second kappa shape index (κ2) is 9.29. The highest BCUT2D eigenvalue weighted by Gasteiger charge is 2.27. The van der Waals surface area contributed by atoms with Crippen molar-refractivity contribution in [2.45, 2.75) is 38.7 Å². The molecule has 2 heterocycles. The summed E-state index contributed by atoms with van der Waals surface area (Å²) in [5, 5.41) is 16.9. The van der Waals surface area contributed by atoms with Crippen LogP contribution in [-0.4, -0.2) is 37.8 Å². The Morgan fingerprint density at radius 2 is 1.86 bits per heavy atom. The number of benzene rings is 2. The lowest BCUT2D eigenvalue weighted by atomic mass is 9.87. The van der Waals surface area contributed by atoms with Gasteiger partial charge in [0.2, 0.25) is 5.88 Å². The number of H-pyrrole nitrogens is 1. The molecule has 0 bridgehead atoms. The monoisotopic (exact) mass is 472 g/mol. The summed E-state index contributed by atoms with van der Waals surface area (Å²) in [4.78, 5) is 23.1. The van der Waals surface area contributed by atoms with Crippen molar-refractivity contribution in [3.63, 3.8) is 0 Å². The highest BCUT2D eigenvalue weighted by molar-refractivity contribution is 5.99. The zero-order valence-corrected chi connectivity index (χ0v) is 19.2. The molecule has 0 unspecified atom stereocenters. The van der Waals surface area contributed by atoms with E-state index in [-0.39, 0.29) is 12.0 Å². The number of halogens is 1. The lowest BCUT2D eigenvalue weighted by Crippen LogP contribution is -2.28. The summed E-state index contributed by atoms with van der Waals surface area (Å²) in [6, 6.07) is 14.1. The fraction of sp³-hybridized carbons (Fsp3) is 0.259. The molecule has 4 aromatic rings. The van der Waals surface area contributed by atoms with Crippen LogP contribution in [0, 0.1) is 17.1 Å². The van der Waals surface area contributed by atoms with Crippen molar-refractivity contribution in [2.75, 3.05) is 0 Å². The number of ether oxygens (including phenoxy) is 1. The minimum Gasteiger partial charge on any atom is -0.481 e. The molecule has 7 nitrogen and oxygen atoms in total. The van der Waals surface area contributed by atoms with Gasteiger partial charge in [0.05, 0.1) is 22.5 Å². The fourth-order valence-electron chi connectivity index (χ4n) is 4.48. The molecule has 0 aliphatic heterocycles. The topological polar surface area (TPSA) is 112 Å². The largest absolute Gasteiger partial charge is 0.481 e. The number of carboxylic acids is 1. The quantitative estimate of drug-likeness (QED) is 0.305. The Balaban J connectivity index is 1.30. The van der Waals surface area contributed by atoms with Crippen LogP contribution in [0.15, 0.2) is 54.7 Å². The Kier molecular flexibility index (Phi) is 6.03. The summed E-state index contributed by atoms with van der Waals surface area (Å²) in [7, 11) is 0. The number of aliphatic carboxylic acids is 1. The first-order valence-electron chi connectivity index (χ1n) is 11.6. The lowest BCUT2D eigenvalue weighted by molar-refractivity contribution is -0.143. The van der Waals surface area contributed by atoms with Gasteiger partial charge in [-0.25, -0.2) is 14.4 Å². The van der Waals surface area contributed by atoms with Crippen LogP contribution in [0.3, 0.4) is 0 Å². The van der Waals surface area contributed by atoms with Gasteiger partial charge in [0.1, 0.15) is 17.7 Å². The van der Waals surface area contributed by atoms with Gasteiger partial charge in [0.25, 0.3) is 0 Å². The van der Waals surface area contributed by atoms with Crippen LogP contribution in [0.2, 0.25) is 0 Å². The predicted octanol–water partition coefficient (Wildman–Crippen LogP) is 5.84. The second-order valence-corrected chi connectivity index (χ2v) is 8.95. The van der Waals surface area contributed by atoms with Gasteiger partial charge >= 0.3 is 5.97 Å². The van der Waals surface area contributed by atoms with Crippen molar-refractivity contribution in [1.82, 2.24) is 15.0 Å². The number of imidazole rings is 1. The third-order valence-corrected chi connectivity index (χ3v) is 6.52. The molecule has 0 atom stereocenters. The van der Waals surface area contributed by atoms with Crippen LogP contribution in [0.5, 0.6) is 5.88 Å². The molecule has 178 valence electrons. The van der Waals surface area contributed by atoms with E-state index in [0.29, 0.717) is 59.7 Å². The third kappa shape index (κ3) is 4.77. The maximum Gasteiger partial charge on any atom is 0.306 e. The molecule has 0 spiro atoms. The molecule has 1 aliphatic rings. The number of nitrogens with one attached hydrogen (secondary N) is 2. The van der Waals surface area contributed by atoms with Crippen LogP contribution in [0.1, 0.15) is 38.2 Å². The number of pyridine rings is 1. The van der Waals surface area contributed by atoms with Crippen molar-refractivity contribution >= 4 is 22.7 Å². The van der Waals surface area contributed by atoms with Crippen LogP contribution in [0.4, 0.5) is 4.39 Å². The molecule has 0 amide bonds. The zero-order valence-electron chi connectivity index (χ0n) is 19.2. The second-order valence-electron chi connectivity index (χ2n) is 8.95. The van der Waals surface area contributed by atoms with E-state index in [2.05, 4.69) is 15.0 Å². The number of fused-ring (bicyclic) bond motifs is 1. The van der Waals surface area contributed by atoms with E-state index in [1.54, 1.807) is 25.3 Å². The van der Waals surface area contributed by atoms with Crippen LogP contribution in [0.25, 0.3) is 33.5 Å². The number of rotatable bonds is 6. The molecule has 2 aromatic carbocycles. The summed E-state index contributed by atoms with van der Waals surface area (Å²) in [5.74, 6) is -0.516. The predicted molar refractivity (Wildman–Crippen MR) is 131 cm³/mol. The van der Waals surface area contributed by atoms with E-state index in [9.17, 15) is 4.79 Å². The van der Waals surface area contributed by atoms with Crippen LogP contribution >= 0.6 is 0 Å². The highest BCUT2D eigenvalue weighted by atomic mass is 19.1. The Labute approximate surface area is 201 Å². The first-order chi connectivity index (χ1) is 16.9. The van der Waals surface area contributed by atoms with Crippen molar-refractivity contribution in [1.29, 1.82) is 5.41 Å². The molecular weight excluding hydrogens is 447 g/mol. The molecular formula is C27H25FN4O3. The third-order valence-electron chi connectivity index (χ3n) is 6.52. The highest BCUT2D eigenvalue weighted by Crippen LogP contribution is 2.30. The Morgan fingerprint density at radius 1 is 1.09 bits per heavy atom. The van der Waals surface area contributed by atoms with Gasteiger partial charge < -0.3 is 20.2 Å². The normalized spacial score (nSPS) is 17.9. The van der Waals surface area contributed by atoms with Crippen LogP contribution in [-0.2, 0) is 4.79 Å². The Bertz CT molecular complexity index is 1410. The number of carboxylic acid groups (broad SMARTS) is 1. The molecule has 35 heavy (non-hydrogen) atoms.